The molecule has 6 unspecified atom stereocenters. The summed E-state index contributed by atoms with van der Waals surface area (Å²) in [6.07, 6.45) is 29.0. The van der Waals surface area contributed by atoms with Gasteiger partial charge < -0.3 is 39.9 Å². The predicted molar refractivity (Wildman–Crippen MR) is 230 cm³/mol. The van der Waals surface area contributed by atoms with Crippen molar-refractivity contribution in [1.82, 2.24) is 0 Å². The molecule has 1 saturated carbocycles. The number of esters is 1. The molecule has 8 atom stereocenters. The van der Waals surface area contributed by atoms with E-state index < -0.39 is 63.1 Å². The molecule has 342 valence electrons. The van der Waals surface area contributed by atoms with Crippen molar-refractivity contribution < 1.29 is 58.3 Å². The number of phosphoric acid groups is 1. The fourth-order valence-corrected chi connectivity index (χ4v) is 8.11. The molecule has 1 aliphatic rings. The first-order chi connectivity index (χ1) is 28.0. The molecular formula is C45H85O12P. The second-order valence-electron chi connectivity index (χ2n) is 16.3. The van der Waals surface area contributed by atoms with Crippen LogP contribution < -0.4 is 0 Å². The number of hydrogen-bond acceptors (Lipinski definition) is 11. The van der Waals surface area contributed by atoms with E-state index in [1.54, 1.807) is 0 Å². The van der Waals surface area contributed by atoms with Crippen LogP contribution >= 0.6 is 7.82 Å². The quantitative estimate of drug-likeness (QED) is 0.0113. The highest BCUT2D eigenvalue weighted by atomic mass is 31.2. The van der Waals surface area contributed by atoms with Gasteiger partial charge in [0.1, 0.15) is 43.2 Å². The molecule has 0 saturated heterocycles. The standard InChI is InChI=1S/C45H85O12P/c1-3-5-7-9-11-13-15-17-19-20-21-22-24-26-28-30-32-34-39(46)56-38(36-54-35-33-31-29-27-25-23-18-16-14-12-10-8-6-4-2)37-55-58(52,53)57-45-43(50)41(48)40(47)42(49)44(45)51/h17,19,33,35,38,40-45,47-51H,3-16,18,20-32,34,36-37H2,1-2H3,(H,52,53)/b19-17-,35-33-/t38-,40?,41-,42?,43?,44?,45?/m1/s1. The lowest BCUT2D eigenvalue weighted by molar-refractivity contribution is -0.220. The summed E-state index contributed by atoms with van der Waals surface area (Å²) in [5.41, 5.74) is 0. The van der Waals surface area contributed by atoms with Crippen molar-refractivity contribution in [2.24, 2.45) is 0 Å². The first kappa shape index (κ1) is 54.7. The highest BCUT2D eigenvalue weighted by Gasteiger charge is 2.51. The van der Waals surface area contributed by atoms with Crippen LogP contribution in [-0.2, 0) is 27.9 Å². The minimum absolute atomic E-state index is 0.160. The topological polar surface area (TPSA) is 192 Å². The molecule has 0 aromatic carbocycles. The highest BCUT2D eigenvalue weighted by Crippen LogP contribution is 2.47. The van der Waals surface area contributed by atoms with Crippen LogP contribution in [0.1, 0.15) is 200 Å². The Morgan fingerprint density at radius 2 is 0.914 bits per heavy atom. The summed E-state index contributed by atoms with van der Waals surface area (Å²) in [6.45, 7) is 3.72. The molecular weight excluding hydrogens is 763 g/mol. The Morgan fingerprint density at radius 3 is 1.36 bits per heavy atom. The molecule has 58 heavy (non-hydrogen) atoms. The van der Waals surface area contributed by atoms with E-state index in [0.717, 1.165) is 51.4 Å². The lowest BCUT2D eigenvalue weighted by atomic mass is 9.85. The summed E-state index contributed by atoms with van der Waals surface area (Å²) >= 11 is 0. The molecule has 0 aromatic heterocycles. The zero-order valence-corrected chi connectivity index (χ0v) is 37.2. The second kappa shape index (κ2) is 36.3. The molecule has 1 aliphatic carbocycles. The maximum atomic E-state index is 12.8. The van der Waals surface area contributed by atoms with Crippen molar-refractivity contribution in [2.45, 2.75) is 243 Å². The van der Waals surface area contributed by atoms with Gasteiger partial charge in [-0.2, -0.15) is 0 Å². The van der Waals surface area contributed by atoms with Gasteiger partial charge in [0.2, 0.25) is 0 Å². The van der Waals surface area contributed by atoms with Crippen LogP contribution in [0.5, 0.6) is 0 Å². The van der Waals surface area contributed by atoms with Crippen molar-refractivity contribution in [1.29, 1.82) is 0 Å². The van der Waals surface area contributed by atoms with Crippen molar-refractivity contribution in [3.05, 3.63) is 24.5 Å². The van der Waals surface area contributed by atoms with Crippen molar-refractivity contribution in [2.75, 3.05) is 13.2 Å². The zero-order chi connectivity index (χ0) is 42.7. The van der Waals surface area contributed by atoms with Crippen LogP contribution in [0.15, 0.2) is 24.5 Å². The number of carbonyl (C=O) groups is 1. The Balaban J connectivity index is 2.42. The Morgan fingerprint density at radius 1 is 0.534 bits per heavy atom. The fourth-order valence-electron chi connectivity index (χ4n) is 7.14. The van der Waals surface area contributed by atoms with E-state index in [4.69, 9.17) is 18.5 Å². The van der Waals surface area contributed by atoms with E-state index in [9.17, 15) is 39.8 Å². The van der Waals surface area contributed by atoms with E-state index in [2.05, 4.69) is 26.0 Å². The molecule has 0 aromatic rings. The van der Waals surface area contributed by atoms with Gasteiger partial charge in [-0.15, -0.1) is 0 Å². The average Bonchev–Trinajstić information content (AvgIpc) is 3.21. The SMILES string of the molecule is CCCCCCCC/C=C\CCCCCCCCCC(=O)O[C@H](CO/C=C\CCCCCCCCCCCCCC)COP(=O)(O)OC1C(O)C(O)C(O)[C@@H](O)C1O. The highest BCUT2D eigenvalue weighted by molar-refractivity contribution is 7.47. The number of hydrogen-bond donors (Lipinski definition) is 6. The third-order valence-corrected chi connectivity index (χ3v) is 11.9. The number of aliphatic hydroxyl groups excluding tert-OH is 5. The van der Waals surface area contributed by atoms with E-state index in [1.165, 1.54) is 128 Å². The van der Waals surface area contributed by atoms with Gasteiger partial charge in [0.25, 0.3) is 0 Å². The molecule has 0 bridgehead atoms. The van der Waals surface area contributed by atoms with Crippen LogP contribution in [0, 0.1) is 0 Å². The van der Waals surface area contributed by atoms with Gasteiger partial charge in [0, 0.05) is 6.42 Å². The first-order valence-corrected chi connectivity index (χ1v) is 24.7. The second-order valence-corrected chi connectivity index (χ2v) is 17.7. The molecule has 0 heterocycles. The molecule has 12 nitrogen and oxygen atoms in total. The van der Waals surface area contributed by atoms with Crippen molar-refractivity contribution in [3.8, 4) is 0 Å². The van der Waals surface area contributed by atoms with Crippen LogP contribution in [0.25, 0.3) is 0 Å². The van der Waals surface area contributed by atoms with Crippen LogP contribution in [0.3, 0.4) is 0 Å². The Labute approximate surface area is 351 Å². The smallest absolute Gasteiger partial charge is 0.472 e. The molecule has 0 amide bonds. The van der Waals surface area contributed by atoms with Gasteiger partial charge in [-0.25, -0.2) is 4.57 Å². The predicted octanol–water partition coefficient (Wildman–Crippen LogP) is 9.66. The Hall–Kier alpha value is -1.34. The zero-order valence-electron chi connectivity index (χ0n) is 36.4. The van der Waals surface area contributed by atoms with E-state index >= 15 is 0 Å². The van der Waals surface area contributed by atoms with Crippen molar-refractivity contribution >= 4 is 13.8 Å². The number of carbonyl (C=O) groups excluding carboxylic acids is 1. The van der Waals surface area contributed by atoms with Gasteiger partial charge in [-0.1, -0.05) is 161 Å². The number of aliphatic hydroxyl groups is 5. The molecule has 0 spiro atoms. The molecule has 0 aliphatic heterocycles. The molecule has 0 radical (unpaired) electrons. The lowest BCUT2D eigenvalue weighted by Crippen LogP contribution is -2.64. The summed E-state index contributed by atoms with van der Waals surface area (Å²) in [6, 6.07) is 0. The average molecular weight is 849 g/mol. The molecule has 1 rings (SSSR count). The number of rotatable bonds is 39. The normalized spacial score (nSPS) is 22.8. The van der Waals surface area contributed by atoms with E-state index in [1.807, 2.05) is 6.08 Å². The number of ether oxygens (including phenoxy) is 2. The monoisotopic (exact) mass is 849 g/mol. The molecule has 1 fully saturated rings. The van der Waals surface area contributed by atoms with E-state index in [-0.39, 0.29) is 13.0 Å². The Bertz CT molecular complexity index is 1060. The maximum absolute atomic E-state index is 12.8. The maximum Gasteiger partial charge on any atom is 0.472 e. The summed E-state index contributed by atoms with van der Waals surface area (Å²) in [4.78, 5) is 23.1. The number of phosphoric ester groups is 1. The Kier molecular flexibility index (Phi) is 34.2. The minimum Gasteiger partial charge on any atom is -0.498 e. The van der Waals surface area contributed by atoms with E-state index in [0.29, 0.717) is 6.42 Å². The number of unbranched alkanes of at least 4 members (excludes halogenated alkanes) is 25. The van der Waals surface area contributed by atoms with Gasteiger partial charge in [-0.3, -0.25) is 13.8 Å². The van der Waals surface area contributed by atoms with Gasteiger partial charge in [-0.05, 0) is 51.0 Å². The fraction of sp³-hybridized carbons (Fsp3) is 0.889. The summed E-state index contributed by atoms with van der Waals surface area (Å²) in [5, 5.41) is 50.1. The minimum atomic E-state index is -5.03. The summed E-state index contributed by atoms with van der Waals surface area (Å²) < 4.78 is 33.9. The van der Waals surface area contributed by atoms with Crippen molar-refractivity contribution in [3.63, 3.8) is 0 Å². The first-order valence-electron chi connectivity index (χ1n) is 23.2. The van der Waals surface area contributed by atoms with Crippen LogP contribution in [-0.4, -0.2) is 92.3 Å². The van der Waals surface area contributed by atoms with Gasteiger partial charge in [0.15, 0.2) is 6.10 Å². The summed E-state index contributed by atoms with van der Waals surface area (Å²) in [5.74, 6) is -0.502. The van der Waals surface area contributed by atoms with Crippen LogP contribution in [0.4, 0.5) is 0 Å². The third kappa shape index (κ3) is 28.2. The largest absolute Gasteiger partial charge is 0.498 e. The van der Waals surface area contributed by atoms with Gasteiger partial charge >= 0.3 is 13.8 Å². The summed E-state index contributed by atoms with van der Waals surface area (Å²) in [7, 11) is -5.03. The lowest BCUT2D eigenvalue weighted by Gasteiger charge is -2.41. The van der Waals surface area contributed by atoms with Crippen LogP contribution in [0.2, 0.25) is 0 Å². The van der Waals surface area contributed by atoms with Gasteiger partial charge in [0.05, 0.1) is 12.9 Å². The molecule has 6 N–H and O–H groups in total. The third-order valence-electron chi connectivity index (χ3n) is 10.9. The number of allylic oxidation sites excluding steroid dienone is 3. The molecule has 13 heteroatoms.